The highest BCUT2D eigenvalue weighted by Gasteiger charge is 2.46. The lowest BCUT2D eigenvalue weighted by Crippen LogP contribution is -2.42. The Hall–Kier alpha value is -2.41. The molecule has 2 fully saturated rings. The van der Waals surface area contributed by atoms with E-state index in [9.17, 15) is 4.79 Å². The molecule has 2 aliphatic rings. The number of ether oxygens (including phenoxy) is 2. The standard InChI is InChI=1S/C21H27N3O4/c1-3-27-18-11-7-5-9-15(18)20-22-19(28-23-20)13-24-16-10-6-4-8-14(16)12-17(24)21(25)26-2/h5,7,9,11,14,16-17H,3-4,6,8,10,12-13H2,1-2H3. The minimum Gasteiger partial charge on any atom is -0.493 e. The van der Waals surface area contributed by atoms with Crippen LogP contribution in [0.1, 0.15) is 44.9 Å². The SMILES string of the molecule is CCOc1ccccc1-c1noc(CN2C(C(=O)OC)CC3CCCCC32)n1. The van der Waals surface area contributed by atoms with Gasteiger partial charge in [-0.1, -0.05) is 30.1 Å². The second-order valence-electron chi connectivity index (χ2n) is 7.50. The van der Waals surface area contributed by atoms with Crippen molar-refractivity contribution >= 4 is 5.97 Å². The van der Waals surface area contributed by atoms with Gasteiger partial charge in [-0.2, -0.15) is 4.98 Å². The third-order valence-corrected chi connectivity index (χ3v) is 5.91. The van der Waals surface area contributed by atoms with E-state index in [1.54, 1.807) is 0 Å². The van der Waals surface area contributed by atoms with Crippen LogP contribution in [0.4, 0.5) is 0 Å². The summed E-state index contributed by atoms with van der Waals surface area (Å²) in [5, 5.41) is 4.16. The number of likely N-dealkylation sites (tertiary alicyclic amines) is 1. The summed E-state index contributed by atoms with van der Waals surface area (Å²) in [5.41, 5.74) is 0.806. The molecule has 0 spiro atoms. The molecule has 150 valence electrons. The molecule has 0 radical (unpaired) electrons. The minimum absolute atomic E-state index is 0.171. The molecule has 3 atom stereocenters. The Morgan fingerprint density at radius 2 is 2.11 bits per heavy atom. The average Bonchev–Trinajstić information content (AvgIpc) is 3.34. The molecule has 4 rings (SSSR count). The number of fused-ring (bicyclic) bond motifs is 1. The molecular formula is C21H27N3O4. The molecule has 28 heavy (non-hydrogen) atoms. The number of para-hydroxylation sites is 1. The molecule has 1 aliphatic heterocycles. The fourth-order valence-corrected chi connectivity index (χ4v) is 4.67. The first kappa shape index (κ1) is 18.9. The van der Waals surface area contributed by atoms with E-state index in [0.29, 0.717) is 36.8 Å². The molecule has 7 heteroatoms. The minimum atomic E-state index is -0.232. The second-order valence-corrected chi connectivity index (χ2v) is 7.50. The van der Waals surface area contributed by atoms with Crippen LogP contribution < -0.4 is 4.74 Å². The van der Waals surface area contributed by atoms with Crippen molar-refractivity contribution in [1.82, 2.24) is 15.0 Å². The van der Waals surface area contributed by atoms with Gasteiger partial charge in [-0.3, -0.25) is 9.69 Å². The van der Waals surface area contributed by atoms with Crippen LogP contribution in [0.5, 0.6) is 5.75 Å². The van der Waals surface area contributed by atoms with E-state index >= 15 is 0 Å². The number of rotatable bonds is 6. The van der Waals surface area contributed by atoms with Gasteiger partial charge in [-0.05, 0) is 44.2 Å². The van der Waals surface area contributed by atoms with Crippen molar-refractivity contribution in [2.24, 2.45) is 5.92 Å². The zero-order valence-electron chi connectivity index (χ0n) is 16.5. The second kappa shape index (κ2) is 8.31. The highest BCUT2D eigenvalue weighted by atomic mass is 16.5. The molecular weight excluding hydrogens is 358 g/mol. The molecule has 3 unspecified atom stereocenters. The molecule has 1 saturated carbocycles. The number of hydrogen-bond acceptors (Lipinski definition) is 7. The largest absolute Gasteiger partial charge is 0.493 e. The molecule has 0 bridgehead atoms. The van der Waals surface area contributed by atoms with Crippen molar-refractivity contribution in [3.63, 3.8) is 0 Å². The van der Waals surface area contributed by atoms with Gasteiger partial charge in [0.25, 0.3) is 0 Å². The summed E-state index contributed by atoms with van der Waals surface area (Å²) in [5.74, 6) is 2.13. The number of hydrogen-bond donors (Lipinski definition) is 0. The smallest absolute Gasteiger partial charge is 0.323 e. The van der Waals surface area contributed by atoms with Crippen LogP contribution >= 0.6 is 0 Å². The Kier molecular flexibility index (Phi) is 5.62. The summed E-state index contributed by atoms with van der Waals surface area (Å²) in [6, 6.07) is 7.81. The molecule has 1 aliphatic carbocycles. The Balaban J connectivity index is 1.56. The molecule has 7 nitrogen and oxygen atoms in total. The van der Waals surface area contributed by atoms with Crippen LogP contribution in [0.15, 0.2) is 28.8 Å². The highest BCUT2D eigenvalue weighted by molar-refractivity contribution is 5.76. The molecule has 1 aromatic carbocycles. The zero-order valence-corrected chi connectivity index (χ0v) is 16.5. The van der Waals surface area contributed by atoms with E-state index < -0.39 is 0 Å². The molecule has 0 N–H and O–H groups in total. The number of benzene rings is 1. The van der Waals surface area contributed by atoms with E-state index in [0.717, 1.165) is 24.2 Å². The molecule has 0 amide bonds. The van der Waals surface area contributed by atoms with Gasteiger partial charge in [0.1, 0.15) is 11.8 Å². The first-order valence-electron chi connectivity index (χ1n) is 10.1. The van der Waals surface area contributed by atoms with Gasteiger partial charge in [-0.15, -0.1) is 0 Å². The van der Waals surface area contributed by atoms with Gasteiger partial charge >= 0.3 is 5.97 Å². The topological polar surface area (TPSA) is 77.7 Å². The molecule has 2 aromatic rings. The van der Waals surface area contributed by atoms with E-state index in [4.69, 9.17) is 14.0 Å². The summed E-state index contributed by atoms with van der Waals surface area (Å²) in [6.45, 7) is 2.98. The number of carbonyl (C=O) groups excluding carboxylic acids is 1. The quantitative estimate of drug-likeness (QED) is 0.705. The van der Waals surface area contributed by atoms with Crippen LogP contribution in [-0.4, -0.2) is 46.8 Å². The van der Waals surface area contributed by atoms with E-state index in [-0.39, 0.29) is 12.0 Å². The Bertz CT molecular complexity index is 821. The van der Waals surface area contributed by atoms with Crippen LogP contribution in [0.25, 0.3) is 11.4 Å². The van der Waals surface area contributed by atoms with E-state index in [2.05, 4.69) is 15.0 Å². The van der Waals surface area contributed by atoms with Gasteiger partial charge < -0.3 is 14.0 Å². The summed E-state index contributed by atoms with van der Waals surface area (Å²) in [6.07, 6.45) is 5.56. The maximum atomic E-state index is 12.4. The monoisotopic (exact) mass is 385 g/mol. The summed E-state index contributed by atoms with van der Waals surface area (Å²) in [7, 11) is 1.46. The highest BCUT2D eigenvalue weighted by Crippen LogP contribution is 2.41. The maximum Gasteiger partial charge on any atom is 0.323 e. The van der Waals surface area contributed by atoms with Crippen LogP contribution in [0.3, 0.4) is 0 Å². The van der Waals surface area contributed by atoms with Crippen molar-refractivity contribution < 1.29 is 18.8 Å². The molecule has 1 saturated heterocycles. The van der Waals surface area contributed by atoms with Crippen LogP contribution in [0.2, 0.25) is 0 Å². The van der Waals surface area contributed by atoms with Gasteiger partial charge in [0.05, 0.1) is 25.8 Å². The van der Waals surface area contributed by atoms with Gasteiger partial charge in [0.2, 0.25) is 11.7 Å². The first-order valence-corrected chi connectivity index (χ1v) is 10.1. The maximum absolute atomic E-state index is 12.4. The van der Waals surface area contributed by atoms with Crippen molar-refractivity contribution in [2.45, 2.75) is 57.7 Å². The third-order valence-electron chi connectivity index (χ3n) is 5.91. The fourth-order valence-electron chi connectivity index (χ4n) is 4.67. The lowest BCUT2D eigenvalue weighted by Gasteiger charge is -2.32. The predicted octanol–water partition coefficient (Wildman–Crippen LogP) is 3.44. The van der Waals surface area contributed by atoms with Crippen molar-refractivity contribution in [3.05, 3.63) is 30.2 Å². The number of methoxy groups -OCH3 is 1. The van der Waals surface area contributed by atoms with Crippen molar-refractivity contribution in [3.8, 4) is 17.1 Å². The molecule has 2 heterocycles. The van der Waals surface area contributed by atoms with E-state index in [1.807, 2.05) is 31.2 Å². The number of nitrogens with zero attached hydrogens (tertiary/aromatic N) is 3. The predicted molar refractivity (Wildman–Crippen MR) is 103 cm³/mol. The third kappa shape index (κ3) is 3.63. The fraction of sp³-hybridized carbons (Fsp3) is 0.571. The Labute approximate surface area is 165 Å². The van der Waals surface area contributed by atoms with Crippen LogP contribution in [0, 0.1) is 5.92 Å². The number of esters is 1. The van der Waals surface area contributed by atoms with Crippen molar-refractivity contribution in [1.29, 1.82) is 0 Å². The first-order chi connectivity index (χ1) is 13.7. The number of carbonyl (C=O) groups is 1. The van der Waals surface area contributed by atoms with Crippen molar-refractivity contribution in [2.75, 3.05) is 13.7 Å². The molecule has 1 aromatic heterocycles. The van der Waals surface area contributed by atoms with E-state index in [1.165, 1.54) is 26.4 Å². The van der Waals surface area contributed by atoms with Gasteiger partial charge in [0, 0.05) is 6.04 Å². The normalized spacial score (nSPS) is 24.7. The number of aromatic nitrogens is 2. The lowest BCUT2D eigenvalue weighted by atomic mass is 9.85. The van der Waals surface area contributed by atoms with Gasteiger partial charge in [-0.25, -0.2) is 0 Å². The summed E-state index contributed by atoms with van der Waals surface area (Å²) in [4.78, 5) is 19.2. The zero-order chi connectivity index (χ0) is 19.5. The van der Waals surface area contributed by atoms with Crippen LogP contribution in [-0.2, 0) is 16.1 Å². The summed E-state index contributed by atoms with van der Waals surface area (Å²) < 4.78 is 16.3. The lowest BCUT2D eigenvalue weighted by molar-refractivity contribution is -0.146. The summed E-state index contributed by atoms with van der Waals surface area (Å²) >= 11 is 0. The van der Waals surface area contributed by atoms with Gasteiger partial charge in [0.15, 0.2) is 0 Å². The Morgan fingerprint density at radius 3 is 2.93 bits per heavy atom. The Morgan fingerprint density at radius 1 is 1.29 bits per heavy atom. The average molecular weight is 385 g/mol.